The van der Waals surface area contributed by atoms with E-state index in [1.807, 2.05) is 6.92 Å². The van der Waals surface area contributed by atoms with Crippen LogP contribution in [0, 0.1) is 0 Å². The zero-order valence-corrected chi connectivity index (χ0v) is 5.63. The van der Waals surface area contributed by atoms with Crippen LogP contribution in [0.1, 0.15) is 26.2 Å². The van der Waals surface area contributed by atoms with Crippen molar-refractivity contribution in [2.75, 3.05) is 0 Å². The molecule has 0 rings (SSSR count). The zero-order valence-electron chi connectivity index (χ0n) is 5.63. The molecule has 54 valence electrons. The second-order valence-corrected chi connectivity index (χ2v) is 2.26. The van der Waals surface area contributed by atoms with E-state index in [0.717, 1.165) is 6.42 Å². The third kappa shape index (κ3) is 7.43. The molecular weight excluding hydrogens is 118 g/mol. The van der Waals surface area contributed by atoms with Gasteiger partial charge >= 0.3 is 5.97 Å². The second kappa shape index (κ2) is 4.32. The lowest BCUT2D eigenvalue weighted by Gasteiger charge is -2.00. The molecule has 3 nitrogen and oxygen atoms in total. The van der Waals surface area contributed by atoms with Gasteiger partial charge < -0.3 is 10.8 Å². The predicted octanol–water partition coefficient (Wildman–Crippen LogP) is 0.589. The van der Waals surface area contributed by atoms with Gasteiger partial charge in [-0.1, -0.05) is 0 Å². The van der Waals surface area contributed by atoms with Gasteiger partial charge in [-0.25, -0.2) is 0 Å². The molecule has 3 N–H and O–H groups in total. The number of hydrogen-bond donors (Lipinski definition) is 2. The number of carboxylic acid groups (broad SMARTS) is 1. The summed E-state index contributed by atoms with van der Waals surface area (Å²) in [6, 6.07) is 0.129. The van der Waals surface area contributed by atoms with Crippen molar-refractivity contribution in [1.82, 2.24) is 0 Å². The van der Waals surface area contributed by atoms with E-state index in [-0.39, 0.29) is 12.5 Å². The molecule has 0 aromatic carbocycles. The van der Waals surface area contributed by atoms with Crippen LogP contribution in [-0.2, 0) is 4.79 Å². The van der Waals surface area contributed by atoms with Gasteiger partial charge in [0.1, 0.15) is 0 Å². The Labute approximate surface area is 54.9 Å². The molecule has 9 heavy (non-hydrogen) atoms. The van der Waals surface area contributed by atoms with Crippen LogP contribution < -0.4 is 5.73 Å². The monoisotopic (exact) mass is 131 g/mol. The Morgan fingerprint density at radius 2 is 2.33 bits per heavy atom. The molecule has 1 atom stereocenters. The maximum Gasteiger partial charge on any atom is 0.303 e. The Balaban J connectivity index is 3.01. The number of rotatable bonds is 4. The molecular formula is C6H13NO2. The molecule has 1 unspecified atom stereocenters. The largest absolute Gasteiger partial charge is 0.481 e. The Bertz CT molecular complexity index is 91.1. The van der Waals surface area contributed by atoms with Crippen molar-refractivity contribution in [3.63, 3.8) is 0 Å². The second-order valence-electron chi connectivity index (χ2n) is 2.26. The highest BCUT2D eigenvalue weighted by Crippen LogP contribution is 1.96. The van der Waals surface area contributed by atoms with Crippen molar-refractivity contribution in [2.45, 2.75) is 32.2 Å². The summed E-state index contributed by atoms with van der Waals surface area (Å²) in [7, 11) is 0. The van der Waals surface area contributed by atoms with Crippen LogP contribution in [0.25, 0.3) is 0 Å². The van der Waals surface area contributed by atoms with E-state index in [4.69, 9.17) is 10.8 Å². The number of carboxylic acids is 1. The molecule has 0 saturated heterocycles. The van der Waals surface area contributed by atoms with Gasteiger partial charge in [-0.05, 0) is 19.8 Å². The first-order valence-corrected chi connectivity index (χ1v) is 3.10. The van der Waals surface area contributed by atoms with Crippen molar-refractivity contribution < 1.29 is 9.90 Å². The van der Waals surface area contributed by atoms with Crippen molar-refractivity contribution in [1.29, 1.82) is 0 Å². The highest BCUT2D eigenvalue weighted by Gasteiger charge is 1.97. The first-order chi connectivity index (χ1) is 4.13. The maximum absolute atomic E-state index is 9.94. The minimum absolute atomic E-state index is 0.129. The highest BCUT2D eigenvalue weighted by molar-refractivity contribution is 5.66. The number of aliphatic carboxylic acids is 1. The molecule has 0 radical (unpaired) electrons. The van der Waals surface area contributed by atoms with Gasteiger partial charge in [0.15, 0.2) is 0 Å². The fourth-order valence-electron chi connectivity index (χ4n) is 0.575. The van der Waals surface area contributed by atoms with E-state index in [0.29, 0.717) is 6.42 Å². The maximum atomic E-state index is 9.94. The highest BCUT2D eigenvalue weighted by atomic mass is 16.4. The molecule has 0 aliphatic heterocycles. The Morgan fingerprint density at radius 1 is 1.78 bits per heavy atom. The fourth-order valence-corrected chi connectivity index (χ4v) is 0.575. The van der Waals surface area contributed by atoms with Gasteiger partial charge in [-0.2, -0.15) is 0 Å². The first-order valence-electron chi connectivity index (χ1n) is 3.10. The van der Waals surface area contributed by atoms with E-state index in [2.05, 4.69) is 0 Å². The lowest BCUT2D eigenvalue weighted by atomic mass is 10.1. The molecule has 0 spiro atoms. The van der Waals surface area contributed by atoms with E-state index in [1.54, 1.807) is 0 Å². The first kappa shape index (κ1) is 8.43. The van der Waals surface area contributed by atoms with Gasteiger partial charge in [0, 0.05) is 12.5 Å². The Kier molecular flexibility index (Phi) is 4.05. The van der Waals surface area contributed by atoms with Crippen LogP contribution in [0.2, 0.25) is 0 Å². The summed E-state index contributed by atoms with van der Waals surface area (Å²) in [6.45, 7) is 1.88. The fraction of sp³-hybridized carbons (Fsp3) is 0.833. The predicted molar refractivity (Wildman–Crippen MR) is 35.1 cm³/mol. The van der Waals surface area contributed by atoms with Crippen LogP contribution >= 0.6 is 0 Å². The number of hydrogen-bond acceptors (Lipinski definition) is 2. The van der Waals surface area contributed by atoms with Crippen LogP contribution in [-0.4, -0.2) is 17.1 Å². The summed E-state index contributed by atoms with van der Waals surface area (Å²) in [5.41, 5.74) is 5.39. The number of carbonyl (C=O) groups is 1. The van der Waals surface area contributed by atoms with E-state index in [1.165, 1.54) is 0 Å². The third-order valence-electron chi connectivity index (χ3n) is 1.05. The Hall–Kier alpha value is -0.570. The van der Waals surface area contributed by atoms with Gasteiger partial charge in [-0.15, -0.1) is 0 Å². The van der Waals surface area contributed by atoms with Gasteiger partial charge in [0.2, 0.25) is 0 Å². The molecule has 0 aliphatic rings. The molecule has 0 aliphatic carbocycles. The summed E-state index contributed by atoms with van der Waals surface area (Å²) in [5, 5.41) is 8.19. The zero-order chi connectivity index (χ0) is 7.28. The standard InChI is InChI=1S/C6H13NO2/c1-5(7)3-2-4-6(8)9/h5H,2-4,7H2,1H3,(H,8,9). The molecule has 0 fully saturated rings. The third-order valence-corrected chi connectivity index (χ3v) is 1.05. The number of nitrogens with two attached hydrogens (primary N) is 1. The van der Waals surface area contributed by atoms with E-state index < -0.39 is 5.97 Å². The summed E-state index contributed by atoms with van der Waals surface area (Å²) in [5.74, 6) is -0.740. The topological polar surface area (TPSA) is 63.3 Å². The molecule has 0 bridgehead atoms. The lowest BCUT2D eigenvalue weighted by Crippen LogP contribution is -2.14. The van der Waals surface area contributed by atoms with Crippen LogP contribution in [0.5, 0.6) is 0 Å². The summed E-state index contributed by atoms with van der Waals surface area (Å²) in [6.07, 6.45) is 1.72. The van der Waals surface area contributed by atoms with Crippen molar-refractivity contribution in [2.24, 2.45) is 5.73 Å². The molecule has 3 heteroatoms. The summed E-state index contributed by atoms with van der Waals surface area (Å²) in [4.78, 5) is 9.94. The lowest BCUT2D eigenvalue weighted by molar-refractivity contribution is -0.137. The van der Waals surface area contributed by atoms with Gasteiger partial charge in [0.25, 0.3) is 0 Å². The van der Waals surface area contributed by atoms with Gasteiger partial charge in [-0.3, -0.25) is 4.79 Å². The minimum Gasteiger partial charge on any atom is -0.481 e. The molecule has 0 aromatic heterocycles. The van der Waals surface area contributed by atoms with Crippen LogP contribution in [0.3, 0.4) is 0 Å². The molecule has 0 saturated carbocycles. The summed E-state index contributed by atoms with van der Waals surface area (Å²) < 4.78 is 0. The quantitative estimate of drug-likeness (QED) is 0.587. The van der Waals surface area contributed by atoms with Crippen molar-refractivity contribution in [3.05, 3.63) is 0 Å². The average Bonchev–Trinajstić information content (AvgIpc) is 1.63. The van der Waals surface area contributed by atoms with Crippen LogP contribution in [0.15, 0.2) is 0 Å². The van der Waals surface area contributed by atoms with Gasteiger partial charge in [0.05, 0.1) is 0 Å². The van der Waals surface area contributed by atoms with E-state index in [9.17, 15) is 4.79 Å². The van der Waals surface area contributed by atoms with E-state index >= 15 is 0 Å². The molecule has 0 heterocycles. The average molecular weight is 131 g/mol. The van der Waals surface area contributed by atoms with Crippen molar-refractivity contribution in [3.8, 4) is 0 Å². The molecule has 0 amide bonds. The Morgan fingerprint density at radius 3 is 2.67 bits per heavy atom. The van der Waals surface area contributed by atoms with Crippen molar-refractivity contribution >= 4 is 5.97 Å². The summed E-state index contributed by atoms with van der Waals surface area (Å²) >= 11 is 0. The molecule has 0 aromatic rings. The SMILES string of the molecule is CC(N)CCCC(=O)O. The smallest absolute Gasteiger partial charge is 0.303 e. The minimum atomic E-state index is -0.740. The van der Waals surface area contributed by atoms with Crippen LogP contribution in [0.4, 0.5) is 0 Å². The normalized spacial score (nSPS) is 13.1.